The highest BCUT2D eigenvalue weighted by molar-refractivity contribution is 7.87. The first-order valence-electron chi connectivity index (χ1n) is 9.77. The minimum Gasteiger partial charge on any atom is -0.382 e. The molecule has 0 bridgehead atoms. The van der Waals surface area contributed by atoms with E-state index in [0.29, 0.717) is 24.8 Å². The Morgan fingerprint density at radius 1 is 1.12 bits per heavy atom. The lowest BCUT2D eigenvalue weighted by Gasteiger charge is -2.23. The van der Waals surface area contributed by atoms with Gasteiger partial charge in [-0.25, -0.2) is 0 Å². The van der Waals surface area contributed by atoms with Gasteiger partial charge in [0.1, 0.15) is 5.75 Å². The molecule has 0 saturated heterocycles. The number of hydrogen-bond acceptors (Lipinski definition) is 4. The second-order valence-electron chi connectivity index (χ2n) is 7.52. The van der Waals surface area contributed by atoms with Gasteiger partial charge in [-0.2, -0.15) is 8.42 Å². The zero-order valence-corrected chi connectivity index (χ0v) is 16.3. The summed E-state index contributed by atoms with van der Waals surface area (Å²) in [5, 5.41) is 0. The third kappa shape index (κ3) is 5.47. The van der Waals surface area contributed by atoms with Gasteiger partial charge in [-0.05, 0) is 49.8 Å². The molecule has 0 unspecified atom stereocenters. The van der Waals surface area contributed by atoms with Crippen molar-refractivity contribution in [1.29, 1.82) is 0 Å². The number of carbonyl (C=O) groups excluding carboxylic acids is 1. The summed E-state index contributed by atoms with van der Waals surface area (Å²) in [5.74, 6) is 1.26. The molecule has 2 aliphatic carbocycles. The third-order valence-corrected chi connectivity index (χ3v) is 6.56. The van der Waals surface area contributed by atoms with Gasteiger partial charge in [0.15, 0.2) is 0 Å². The third-order valence-electron chi connectivity index (χ3n) is 5.40. The van der Waals surface area contributed by atoms with E-state index in [-0.39, 0.29) is 11.7 Å². The van der Waals surface area contributed by atoms with Crippen LogP contribution in [0.15, 0.2) is 24.3 Å². The van der Waals surface area contributed by atoms with Crippen LogP contribution in [0.25, 0.3) is 0 Å². The first-order valence-corrected chi connectivity index (χ1v) is 11.3. The lowest BCUT2D eigenvalue weighted by Crippen LogP contribution is -2.32. The molecule has 6 heteroatoms. The molecule has 0 heterocycles. The van der Waals surface area contributed by atoms with Crippen LogP contribution in [0.1, 0.15) is 63.9 Å². The molecule has 1 aromatic rings. The molecule has 3 rings (SSSR count). The number of carbonyl (C=O) groups is 1. The van der Waals surface area contributed by atoms with Crippen LogP contribution in [0, 0.1) is 5.92 Å². The molecule has 1 aromatic carbocycles. The molecule has 2 saturated carbocycles. The Morgan fingerprint density at radius 3 is 2.35 bits per heavy atom. The summed E-state index contributed by atoms with van der Waals surface area (Å²) >= 11 is 0. The minimum absolute atomic E-state index is 0.0558. The topological polar surface area (TPSA) is 63.7 Å². The van der Waals surface area contributed by atoms with Crippen LogP contribution in [0.3, 0.4) is 0 Å². The van der Waals surface area contributed by atoms with Crippen molar-refractivity contribution >= 4 is 16.0 Å². The zero-order chi connectivity index (χ0) is 18.6. The first-order chi connectivity index (χ1) is 12.5. The van der Waals surface area contributed by atoms with Crippen LogP contribution in [-0.4, -0.2) is 31.0 Å². The van der Waals surface area contributed by atoms with E-state index in [2.05, 4.69) is 0 Å². The maximum atomic E-state index is 12.7. The van der Waals surface area contributed by atoms with Gasteiger partial charge in [0.2, 0.25) is 5.91 Å². The fourth-order valence-electron chi connectivity index (χ4n) is 3.63. The van der Waals surface area contributed by atoms with Crippen LogP contribution in [0.2, 0.25) is 0 Å². The van der Waals surface area contributed by atoms with Crippen molar-refractivity contribution in [2.45, 2.75) is 70.9 Å². The first kappa shape index (κ1) is 19.2. The zero-order valence-electron chi connectivity index (χ0n) is 15.5. The molecular formula is C20H29NO4S. The highest BCUT2D eigenvalue weighted by Gasteiger charge is 2.32. The average molecular weight is 380 g/mol. The highest BCUT2D eigenvalue weighted by atomic mass is 32.2. The van der Waals surface area contributed by atoms with Gasteiger partial charge in [0, 0.05) is 19.0 Å². The van der Waals surface area contributed by atoms with Crippen LogP contribution in [-0.2, 0) is 21.5 Å². The summed E-state index contributed by atoms with van der Waals surface area (Å²) in [6.45, 7) is 2.14. The van der Waals surface area contributed by atoms with E-state index in [0.717, 1.165) is 30.7 Å². The van der Waals surface area contributed by atoms with Gasteiger partial charge >= 0.3 is 10.1 Å². The van der Waals surface area contributed by atoms with E-state index in [9.17, 15) is 13.2 Å². The lowest BCUT2D eigenvalue weighted by molar-refractivity contribution is -0.132. The molecule has 2 fully saturated rings. The standard InChI is InChI=1S/C20H29NO4S/c1-2-26(23,24)25-19-12-7-17(8-13-19)15-21(18-10-11-18)20(22)14-9-16-5-3-4-6-16/h7-8,12-13,16,18H,2-6,9-11,14-15H2,1H3. The summed E-state index contributed by atoms with van der Waals surface area (Å²) in [4.78, 5) is 14.7. The summed E-state index contributed by atoms with van der Waals surface area (Å²) in [5.41, 5.74) is 1.01. The van der Waals surface area contributed by atoms with Crippen molar-refractivity contribution in [2.24, 2.45) is 5.92 Å². The molecule has 0 spiro atoms. The van der Waals surface area contributed by atoms with Crippen molar-refractivity contribution < 1.29 is 17.4 Å². The van der Waals surface area contributed by atoms with Gasteiger partial charge < -0.3 is 9.08 Å². The molecule has 5 nitrogen and oxygen atoms in total. The molecule has 1 amide bonds. The number of rotatable bonds is 9. The van der Waals surface area contributed by atoms with Gasteiger partial charge in [-0.1, -0.05) is 37.8 Å². The fourth-order valence-corrected chi connectivity index (χ4v) is 4.15. The maximum Gasteiger partial charge on any atom is 0.308 e. The Hall–Kier alpha value is -1.56. The molecule has 26 heavy (non-hydrogen) atoms. The van der Waals surface area contributed by atoms with Crippen molar-refractivity contribution in [3.8, 4) is 5.75 Å². The molecule has 0 aliphatic heterocycles. The highest BCUT2D eigenvalue weighted by Crippen LogP contribution is 2.32. The number of benzene rings is 1. The van der Waals surface area contributed by atoms with Crippen LogP contribution >= 0.6 is 0 Å². The largest absolute Gasteiger partial charge is 0.382 e. The predicted octanol–water partition coefficient (Wildman–Crippen LogP) is 3.88. The SMILES string of the molecule is CCS(=O)(=O)Oc1ccc(CN(C(=O)CCC2CCCC2)C2CC2)cc1. The van der Waals surface area contributed by atoms with E-state index in [1.165, 1.54) is 25.7 Å². The Kier molecular flexibility index (Phi) is 6.22. The van der Waals surface area contributed by atoms with Gasteiger partial charge in [0.25, 0.3) is 0 Å². The molecule has 0 aromatic heterocycles. The second kappa shape index (κ2) is 8.42. The normalized spacial score (nSPS) is 18.0. The molecule has 0 radical (unpaired) electrons. The molecular weight excluding hydrogens is 350 g/mol. The quantitative estimate of drug-likeness (QED) is 0.611. The maximum absolute atomic E-state index is 12.7. The van der Waals surface area contributed by atoms with Crippen LogP contribution in [0.5, 0.6) is 5.75 Å². The number of amides is 1. The van der Waals surface area contributed by atoms with E-state index in [1.54, 1.807) is 19.1 Å². The Labute approximate surface area is 156 Å². The van der Waals surface area contributed by atoms with E-state index < -0.39 is 10.1 Å². The molecule has 0 atom stereocenters. The Morgan fingerprint density at radius 2 is 1.77 bits per heavy atom. The van der Waals surface area contributed by atoms with E-state index in [1.807, 2.05) is 17.0 Å². The van der Waals surface area contributed by atoms with E-state index >= 15 is 0 Å². The Bertz CT molecular complexity index is 704. The lowest BCUT2D eigenvalue weighted by atomic mass is 10.0. The average Bonchev–Trinajstić information content (AvgIpc) is 3.33. The summed E-state index contributed by atoms with van der Waals surface area (Å²) < 4.78 is 28.1. The second-order valence-corrected chi connectivity index (χ2v) is 9.37. The van der Waals surface area contributed by atoms with Crippen molar-refractivity contribution in [3.63, 3.8) is 0 Å². The number of nitrogens with zero attached hydrogens (tertiary/aromatic N) is 1. The smallest absolute Gasteiger partial charge is 0.308 e. The predicted molar refractivity (Wildman–Crippen MR) is 101 cm³/mol. The van der Waals surface area contributed by atoms with E-state index in [4.69, 9.17) is 4.18 Å². The number of hydrogen-bond donors (Lipinski definition) is 0. The van der Waals surface area contributed by atoms with Crippen molar-refractivity contribution in [1.82, 2.24) is 4.90 Å². The fraction of sp³-hybridized carbons (Fsp3) is 0.650. The van der Waals surface area contributed by atoms with Crippen LogP contribution < -0.4 is 4.18 Å². The molecule has 2 aliphatic rings. The van der Waals surface area contributed by atoms with Gasteiger partial charge in [-0.3, -0.25) is 4.79 Å². The van der Waals surface area contributed by atoms with Gasteiger partial charge in [0.05, 0.1) is 5.75 Å². The van der Waals surface area contributed by atoms with Crippen molar-refractivity contribution in [2.75, 3.05) is 5.75 Å². The van der Waals surface area contributed by atoms with Crippen LogP contribution in [0.4, 0.5) is 0 Å². The molecule has 0 N–H and O–H groups in total. The monoisotopic (exact) mass is 379 g/mol. The Balaban J connectivity index is 1.56. The molecule has 144 valence electrons. The summed E-state index contributed by atoms with van der Waals surface area (Å²) in [6.07, 6.45) is 9.02. The summed E-state index contributed by atoms with van der Waals surface area (Å²) in [6, 6.07) is 7.40. The minimum atomic E-state index is -3.51. The van der Waals surface area contributed by atoms with Gasteiger partial charge in [-0.15, -0.1) is 0 Å². The van der Waals surface area contributed by atoms with Crippen molar-refractivity contribution in [3.05, 3.63) is 29.8 Å². The summed E-state index contributed by atoms with van der Waals surface area (Å²) in [7, 11) is -3.51.